The van der Waals surface area contributed by atoms with Gasteiger partial charge in [-0.3, -0.25) is 4.79 Å². The van der Waals surface area contributed by atoms with Crippen LogP contribution in [0.2, 0.25) is 0 Å². The van der Waals surface area contributed by atoms with Gasteiger partial charge in [-0.1, -0.05) is 12.1 Å². The molecule has 0 aromatic heterocycles. The average Bonchev–Trinajstić information content (AvgIpc) is 2.60. The van der Waals surface area contributed by atoms with Gasteiger partial charge in [0.2, 0.25) is 0 Å². The van der Waals surface area contributed by atoms with E-state index >= 15 is 0 Å². The minimum Gasteiger partial charge on any atom is -0.497 e. The predicted octanol–water partition coefficient (Wildman–Crippen LogP) is 4.51. The summed E-state index contributed by atoms with van der Waals surface area (Å²) in [6, 6.07) is 12.9. The summed E-state index contributed by atoms with van der Waals surface area (Å²) in [7, 11) is 1.63. The predicted molar refractivity (Wildman–Crippen MR) is 105 cm³/mol. The normalized spacial score (nSPS) is 17.6. The van der Waals surface area contributed by atoms with E-state index in [2.05, 4.69) is 5.32 Å². The Hall–Kier alpha value is -2.69. The standard InChI is InChI=1S/C22H27NO4/c1-14(2)26-19-9-7-6-8-17(19)21(24)23-18-13-22(3,4)27-20-12-15(25-5)10-11-16(18)20/h6-12,14,18H,13H2,1-5H3,(H,23,24)/t18-/m1/s1. The Balaban J connectivity index is 1.89. The summed E-state index contributed by atoms with van der Waals surface area (Å²) < 4.78 is 17.2. The summed E-state index contributed by atoms with van der Waals surface area (Å²) in [5, 5.41) is 3.16. The van der Waals surface area contributed by atoms with Gasteiger partial charge < -0.3 is 19.5 Å². The van der Waals surface area contributed by atoms with E-state index in [1.165, 1.54) is 0 Å². The molecule has 1 N–H and O–H groups in total. The fourth-order valence-electron chi connectivity index (χ4n) is 3.33. The molecule has 5 nitrogen and oxygen atoms in total. The first-order valence-electron chi connectivity index (χ1n) is 9.22. The lowest BCUT2D eigenvalue weighted by Crippen LogP contribution is -2.41. The second-order valence-electron chi connectivity index (χ2n) is 7.66. The summed E-state index contributed by atoms with van der Waals surface area (Å²) >= 11 is 0. The van der Waals surface area contributed by atoms with Crippen LogP contribution in [0.5, 0.6) is 17.2 Å². The van der Waals surface area contributed by atoms with Crippen LogP contribution >= 0.6 is 0 Å². The molecule has 1 aliphatic rings. The quantitative estimate of drug-likeness (QED) is 0.842. The molecule has 1 aliphatic heterocycles. The minimum absolute atomic E-state index is 0.00541. The molecule has 1 heterocycles. The molecule has 27 heavy (non-hydrogen) atoms. The monoisotopic (exact) mass is 369 g/mol. The zero-order valence-corrected chi connectivity index (χ0v) is 16.5. The Labute approximate surface area is 160 Å². The maximum absolute atomic E-state index is 13.0. The molecule has 0 bridgehead atoms. The van der Waals surface area contributed by atoms with Crippen molar-refractivity contribution < 1.29 is 19.0 Å². The molecule has 0 saturated carbocycles. The van der Waals surface area contributed by atoms with Gasteiger partial charge in [0.15, 0.2) is 0 Å². The lowest BCUT2D eigenvalue weighted by Gasteiger charge is -2.38. The van der Waals surface area contributed by atoms with Crippen LogP contribution < -0.4 is 19.5 Å². The van der Waals surface area contributed by atoms with Crippen LogP contribution in [-0.4, -0.2) is 24.7 Å². The highest BCUT2D eigenvalue weighted by atomic mass is 16.5. The molecular weight excluding hydrogens is 342 g/mol. The molecule has 0 radical (unpaired) electrons. The van der Waals surface area contributed by atoms with E-state index < -0.39 is 5.60 Å². The van der Waals surface area contributed by atoms with Crippen molar-refractivity contribution in [3.8, 4) is 17.2 Å². The van der Waals surface area contributed by atoms with Gasteiger partial charge in [-0.2, -0.15) is 0 Å². The lowest BCUT2D eigenvalue weighted by molar-refractivity contribution is 0.0616. The van der Waals surface area contributed by atoms with Crippen molar-refractivity contribution in [3.63, 3.8) is 0 Å². The van der Waals surface area contributed by atoms with Crippen molar-refractivity contribution in [1.82, 2.24) is 5.32 Å². The first-order valence-corrected chi connectivity index (χ1v) is 9.22. The van der Waals surface area contributed by atoms with E-state index in [4.69, 9.17) is 14.2 Å². The Morgan fingerprint density at radius 3 is 2.67 bits per heavy atom. The second kappa shape index (κ2) is 7.51. The molecule has 3 rings (SSSR count). The number of benzene rings is 2. The molecule has 1 amide bonds. The minimum atomic E-state index is -0.398. The number of carbonyl (C=O) groups is 1. The van der Waals surface area contributed by atoms with E-state index in [1.807, 2.05) is 64.1 Å². The smallest absolute Gasteiger partial charge is 0.255 e. The Bertz CT molecular complexity index is 829. The van der Waals surface area contributed by atoms with E-state index in [1.54, 1.807) is 13.2 Å². The summed E-state index contributed by atoms with van der Waals surface area (Å²) in [6.45, 7) is 7.92. The summed E-state index contributed by atoms with van der Waals surface area (Å²) in [5.41, 5.74) is 1.09. The first-order chi connectivity index (χ1) is 12.8. The third-order valence-corrected chi connectivity index (χ3v) is 4.48. The Morgan fingerprint density at radius 2 is 1.96 bits per heavy atom. The molecule has 144 valence electrons. The number of para-hydroxylation sites is 1. The fraction of sp³-hybridized carbons (Fsp3) is 0.409. The number of nitrogens with one attached hydrogen (secondary N) is 1. The van der Waals surface area contributed by atoms with Gasteiger partial charge in [-0.05, 0) is 52.0 Å². The highest BCUT2D eigenvalue weighted by molar-refractivity contribution is 5.97. The molecule has 0 aliphatic carbocycles. The van der Waals surface area contributed by atoms with Gasteiger partial charge in [0.05, 0.1) is 24.8 Å². The Morgan fingerprint density at radius 1 is 1.22 bits per heavy atom. The SMILES string of the molecule is COc1ccc2c(c1)OC(C)(C)C[C@H]2NC(=O)c1ccccc1OC(C)C. The lowest BCUT2D eigenvalue weighted by atomic mass is 9.89. The van der Waals surface area contributed by atoms with E-state index in [0.29, 0.717) is 17.7 Å². The molecule has 1 atom stereocenters. The van der Waals surface area contributed by atoms with Gasteiger partial charge in [-0.25, -0.2) is 0 Å². The molecule has 0 unspecified atom stereocenters. The maximum Gasteiger partial charge on any atom is 0.255 e. The van der Waals surface area contributed by atoms with Gasteiger partial charge >= 0.3 is 0 Å². The fourth-order valence-corrected chi connectivity index (χ4v) is 3.33. The van der Waals surface area contributed by atoms with Crippen LogP contribution in [0.4, 0.5) is 0 Å². The maximum atomic E-state index is 13.0. The molecule has 0 spiro atoms. The van der Waals surface area contributed by atoms with Crippen molar-refractivity contribution in [2.45, 2.75) is 51.9 Å². The number of methoxy groups -OCH3 is 1. The third-order valence-electron chi connectivity index (χ3n) is 4.48. The number of rotatable bonds is 5. The van der Waals surface area contributed by atoms with Crippen LogP contribution in [0.3, 0.4) is 0 Å². The number of hydrogen-bond donors (Lipinski definition) is 1. The van der Waals surface area contributed by atoms with Crippen LogP contribution in [0.1, 0.15) is 56.1 Å². The summed E-state index contributed by atoms with van der Waals surface area (Å²) in [5.74, 6) is 1.90. The van der Waals surface area contributed by atoms with Crippen molar-refractivity contribution >= 4 is 5.91 Å². The molecular formula is C22H27NO4. The van der Waals surface area contributed by atoms with Crippen molar-refractivity contribution in [1.29, 1.82) is 0 Å². The van der Waals surface area contributed by atoms with Gasteiger partial charge in [-0.15, -0.1) is 0 Å². The zero-order valence-electron chi connectivity index (χ0n) is 16.5. The Kier molecular flexibility index (Phi) is 5.31. The molecule has 0 fully saturated rings. The van der Waals surface area contributed by atoms with Gasteiger partial charge in [0, 0.05) is 18.1 Å². The van der Waals surface area contributed by atoms with E-state index in [0.717, 1.165) is 17.1 Å². The zero-order chi connectivity index (χ0) is 19.6. The van der Waals surface area contributed by atoms with E-state index in [9.17, 15) is 4.79 Å². The largest absolute Gasteiger partial charge is 0.497 e. The van der Waals surface area contributed by atoms with Gasteiger partial charge in [0.25, 0.3) is 5.91 Å². The van der Waals surface area contributed by atoms with Crippen LogP contribution in [0, 0.1) is 0 Å². The second-order valence-corrected chi connectivity index (χ2v) is 7.66. The highest BCUT2D eigenvalue weighted by Crippen LogP contribution is 2.41. The molecule has 5 heteroatoms. The number of carbonyl (C=O) groups excluding carboxylic acids is 1. The van der Waals surface area contributed by atoms with Crippen LogP contribution in [0.25, 0.3) is 0 Å². The number of ether oxygens (including phenoxy) is 3. The first kappa shape index (κ1) is 19.1. The molecule has 2 aromatic rings. The molecule has 2 aromatic carbocycles. The molecule has 0 saturated heterocycles. The van der Waals surface area contributed by atoms with E-state index in [-0.39, 0.29) is 18.1 Å². The number of amides is 1. The number of fused-ring (bicyclic) bond motifs is 1. The number of hydrogen-bond acceptors (Lipinski definition) is 4. The van der Waals surface area contributed by atoms with Crippen molar-refractivity contribution in [2.24, 2.45) is 0 Å². The third kappa shape index (κ3) is 4.35. The average molecular weight is 369 g/mol. The topological polar surface area (TPSA) is 56.8 Å². The van der Waals surface area contributed by atoms with Crippen molar-refractivity contribution in [2.75, 3.05) is 7.11 Å². The summed E-state index contributed by atoms with van der Waals surface area (Å²) in [4.78, 5) is 13.0. The highest BCUT2D eigenvalue weighted by Gasteiger charge is 2.35. The van der Waals surface area contributed by atoms with Gasteiger partial charge in [0.1, 0.15) is 22.8 Å². The summed E-state index contributed by atoms with van der Waals surface area (Å²) in [6.07, 6.45) is 0.666. The van der Waals surface area contributed by atoms with Crippen molar-refractivity contribution in [3.05, 3.63) is 53.6 Å². The van der Waals surface area contributed by atoms with Crippen LogP contribution in [0.15, 0.2) is 42.5 Å². The van der Waals surface area contributed by atoms with Crippen LogP contribution in [-0.2, 0) is 0 Å².